The summed E-state index contributed by atoms with van der Waals surface area (Å²) in [6, 6.07) is 3.70. The number of nitrogens with one attached hydrogen (secondary N) is 1. The standard InChI is InChI=1S/C14H20BrNO2S/c1-10-8-11(2)14(9-13(10)15)19(17,18)16-12-6-4-3-5-7-12/h8-9,12,16H,3-7H2,1-2H3. The predicted octanol–water partition coefficient (Wildman–Crippen LogP) is 3.68. The van der Waals surface area contributed by atoms with Crippen LogP contribution in [0.15, 0.2) is 21.5 Å². The first-order valence-corrected chi connectivity index (χ1v) is 8.97. The van der Waals surface area contributed by atoms with Crippen LogP contribution in [0.25, 0.3) is 0 Å². The SMILES string of the molecule is Cc1cc(C)c(S(=O)(=O)NC2CCCCC2)cc1Br. The zero-order valence-corrected chi connectivity index (χ0v) is 13.8. The summed E-state index contributed by atoms with van der Waals surface area (Å²) < 4.78 is 28.6. The van der Waals surface area contributed by atoms with Crippen molar-refractivity contribution in [2.75, 3.05) is 0 Å². The second kappa shape index (κ2) is 5.94. The molecule has 0 amide bonds. The Bertz CT molecular complexity index is 563. The number of sulfonamides is 1. The van der Waals surface area contributed by atoms with Crippen LogP contribution in [0.5, 0.6) is 0 Å². The Labute approximate surface area is 124 Å². The van der Waals surface area contributed by atoms with E-state index in [4.69, 9.17) is 0 Å². The van der Waals surface area contributed by atoms with Crippen molar-refractivity contribution in [2.24, 2.45) is 0 Å². The minimum absolute atomic E-state index is 0.0956. The van der Waals surface area contributed by atoms with E-state index < -0.39 is 10.0 Å². The van der Waals surface area contributed by atoms with Crippen LogP contribution >= 0.6 is 15.9 Å². The van der Waals surface area contributed by atoms with Gasteiger partial charge in [0.25, 0.3) is 0 Å². The first-order valence-electron chi connectivity index (χ1n) is 6.69. The van der Waals surface area contributed by atoms with E-state index in [1.54, 1.807) is 6.07 Å². The molecule has 0 aromatic heterocycles. The Morgan fingerprint density at radius 3 is 2.37 bits per heavy atom. The molecular weight excluding hydrogens is 326 g/mol. The third-order valence-corrected chi connectivity index (χ3v) is 6.19. The Hall–Kier alpha value is -0.390. The molecule has 0 bridgehead atoms. The molecule has 0 unspecified atom stereocenters. The van der Waals surface area contributed by atoms with E-state index in [-0.39, 0.29) is 6.04 Å². The lowest BCUT2D eigenvalue weighted by molar-refractivity contribution is 0.412. The normalized spacial score (nSPS) is 17.6. The average Bonchev–Trinajstić information content (AvgIpc) is 2.34. The van der Waals surface area contributed by atoms with Gasteiger partial charge in [0.05, 0.1) is 4.90 Å². The molecule has 1 aromatic carbocycles. The van der Waals surface area contributed by atoms with E-state index in [2.05, 4.69) is 20.7 Å². The molecule has 0 spiro atoms. The molecule has 0 saturated heterocycles. The van der Waals surface area contributed by atoms with Gasteiger partial charge in [0, 0.05) is 10.5 Å². The fourth-order valence-corrected chi connectivity index (χ4v) is 4.65. The highest BCUT2D eigenvalue weighted by Crippen LogP contribution is 2.26. The maximum atomic E-state index is 12.5. The summed E-state index contributed by atoms with van der Waals surface area (Å²) in [6.45, 7) is 3.80. The molecule has 2 rings (SSSR count). The van der Waals surface area contributed by atoms with Crippen molar-refractivity contribution in [3.8, 4) is 0 Å². The van der Waals surface area contributed by atoms with Gasteiger partial charge in [-0.25, -0.2) is 13.1 Å². The van der Waals surface area contributed by atoms with Gasteiger partial charge in [0.1, 0.15) is 0 Å². The summed E-state index contributed by atoms with van der Waals surface area (Å²) >= 11 is 3.41. The maximum absolute atomic E-state index is 12.5. The van der Waals surface area contributed by atoms with Crippen LogP contribution in [0.3, 0.4) is 0 Å². The predicted molar refractivity (Wildman–Crippen MR) is 80.8 cm³/mol. The Kier molecular flexibility index (Phi) is 4.69. The number of aryl methyl sites for hydroxylation is 2. The van der Waals surface area contributed by atoms with Crippen molar-refractivity contribution in [1.82, 2.24) is 4.72 Å². The lowest BCUT2D eigenvalue weighted by Crippen LogP contribution is -2.36. The van der Waals surface area contributed by atoms with E-state index in [0.29, 0.717) is 4.90 Å². The zero-order valence-electron chi connectivity index (χ0n) is 11.4. The number of hydrogen-bond acceptors (Lipinski definition) is 2. The van der Waals surface area contributed by atoms with E-state index in [1.807, 2.05) is 19.9 Å². The minimum atomic E-state index is -3.41. The first-order chi connectivity index (χ1) is 8.90. The molecule has 19 heavy (non-hydrogen) atoms. The Balaban J connectivity index is 2.26. The lowest BCUT2D eigenvalue weighted by Gasteiger charge is -2.23. The van der Waals surface area contributed by atoms with Crippen LogP contribution in [-0.4, -0.2) is 14.5 Å². The van der Waals surface area contributed by atoms with Gasteiger partial charge < -0.3 is 0 Å². The van der Waals surface area contributed by atoms with E-state index in [0.717, 1.165) is 41.3 Å². The van der Waals surface area contributed by atoms with Gasteiger partial charge in [-0.05, 0) is 43.9 Å². The summed E-state index contributed by atoms with van der Waals surface area (Å²) in [7, 11) is -3.41. The number of hydrogen-bond donors (Lipinski definition) is 1. The molecule has 0 aliphatic heterocycles. The molecule has 0 atom stereocenters. The topological polar surface area (TPSA) is 46.2 Å². The second-order valence-corrected chi connectivity index (χ2v) is 7.86. The lowest BCUT2D eigenvalue weighted by atomic mass is 9.96. The largest absolute Gasteiger partial charge is 0.241 e. The minimum Gasteiger partial charge on any atom is -0.208 e. The van der Waals surface area contributed by atoms with Crippen LogP contribution < -0.4 is 4.72 Å². The fourth-order valence-electron chi connectivity index (χ4n) is 2.60. The van der Waals surface area contributed by atoms with Crippen molar-refractivity contribution >= 4 is 26.0 Å². The molecular formula is C14H20BrNO2S. The van der Waals surface area contributed by atoms with Crippen molar-refractivity contribution in [3.63, 3.8) is 0 Å². The van der Waals surface area contributed by atoms with E-state index in [1.165, 1.54) is 6.42 Å². The highest BCUT2D eigenvalue weighted by molar-refractivity contribution is 9.10. The molecule has 1 aliphatic rings. The summed E-state index contributed by atoms with van der Waals surface area (Å²) in [6.07, 6.45) is 5.34. The first kappa shape index (κ1) is 15.0. The number of halogens is 1. The van der Waals surface area contributed by atoms with Gasteiger partial charge in [-0.2, -0.15) is 0 Å². The third-order valence-electron chi connectivity index (χ3n) is 3.67. The summed E-state index contributed by atoms with van der Waals surface area (Å²) in [5.41, 5.74) is 1.85. The molecule has 0 radical (unpaired) electrons. The van der Waals surface area contributed by atoms with Crippen LogP contribution in [0.4, 0.5) is 0 Å². The number of benzene rings is 1. The second-order valence-electron chi connectivity index (χ2n) is 5.32. The highest BCUT2D eigenvalue weighted by Gasteiger charge is 2.23. The summed E-state index contributed by atoms with van der Waals surface area (Å²) in [5.74, 6) is 0. The summed E-state index contributed by atoms with van der Waals surface area (Å²) in [5, 5.41) is 0. The molecule has 1 aliphatic carbocycles. The molecule has 3 nitrogen and oxygen atoms in total. The van der Waals surface area contributed by atoms with Gasteiger partial charge in [0.15, 0.2) is 0 Å². The monoisotopic (exact) mass is 345 g/mol. The van der Waals surface area contributed by atoms with E-state index >= 15 is 0 Å². The van der Waals surface area contributed by atoms with Crippen molar-refractivity contribution in [2.45, 2.75) is 56.9 Å². The zero-order chi connectivity index (χ0) is 14.0. The average molecular weight is 346 g/mol. The van der Waals surface area contributed by atoms with Crippen LogP contribution in [0.2, 0.25) is 0 Å². The number of rotatable bonds is 3. The van der Waals surface area contributed by atoms with Crippen molar-refractivity contribution in [3.05, 3.63) is 27.7 Å². The molecule has 0 heterocycles. The third kappa shape index (κ3) is 3.58. The Morgan fingerprint density at radius 2 is 1.74 bits per heavy atom. The molecule has 1 N–H and O–H groups in total. The van der Waals surface area contributed by atoms with Gasteiger partial charge >= 0.3 is 0 Å². The van der Waals surface area contributed by atoms with Crippen molar-refractivity contribution in [1.29, 1.82) is 0 Å². The van der Waals surface area contributed by atoms with Gasteiger partial charge in [-0.1, -0.05) is 41.3 Å². The maximum Gasteiger partial charge on any atom is 0.241 e. The van der Waals surface area contributed by atoms with Crippen molar-refractivity contribution < 1.29 is 8.42 Å². The van der Waals surface area contributed by atoms with E-state index in [9.17, 15) is 8.42 Å². The van der Waals surface area contributed by atoms with Gasteiger partial charge in [0.2, 0.25) is 10.0 Å². The fraction of sp³-hybridized carbons (Fsp3) is 0.571. The molecule has 1 aromatic rings. The molecule has 1 fully saturated rings. The van der Waals surface area contributed by atoms with Crippen LogP contribution in [0.1, 0.15) is 43.2 Å². The Morgan fingerprint density at radius 1 is 1.11 bits per heavy atom. The van der Waals surface area contributed by atoms with Gasteiger partial charge in [-0.15, -0.1) is 0 Å². The van der Waals surface area contributed by atoms with Gasteiger partial charge in [-0.3, -0.25) is 0 Å². The van der Waals surface area contributed by atoms with Crippen LogP contribution in [0, 0.1) is 13.8 Å². The quantitative estimate of drug-likeness (QED) is 0.908. The smallest absolute Gasteiger partial charge is 0.208 e. The highest BCUT2D eigenvalue weighted by atomic mass is 79.9. The van der Waals surface area contributed by atoms with Crippen LogP contribution in [-0.2, 0) is 10.0 Å². The summed E-state index contributed by atoms with van der Waals surface area (Å²) in [4.78, 5) is 0.385. The molecule has 1 saturated carbocycles. The molecule has 106 valence electrons. The molecule has 5 heteroatoms.